The van der Waals surface area contributed by atoms with Gasteiger partial charge in [0.15, 0.2) is 0 Å². The molecule has 1 rings (SSSR count). The molecule has 0 unspecified atom stereocenters. The van der Waals surface area contributed by atoms with Crippen LogP contribution in [0.15, 0.2) is 18.2 Å². The molecule has 0 aliphatic carbocycles. The molecule has 0 fully saturated rings. The number of nitrogens with zero attached hydrogens (tertiary/aromatic N) is 2. The van der Waals surface area contributed by atoms with Crippen molar-refractivity contribution in [1.82, 2.24) is 4.31 Å². The van der Waals surface area contributed by atoms with E-state index in [4.69, 9.17) is 5.11 Å². The second-order valence-electron chi connectivity index (χ2n) is 4.33. The number of aryl methyl sites for hydroxylation is 1. The first-order valence-corrected chi connectivity index (χ1v) is 7.28. The van der Waals surface area contributed by atoms with Crippen LogP contribution in [0.5, 0.6) is 0 Å². The quantitative estimate of drug-likeness (QED) is 0.569. The summed E-state index contributed by atoms with van der Waals surface area (Å²) in [7, 11) is -2.67. The number of carboxylic acids is 1. The maximum Gasteiger partial charge on any atom is 0.304 e. The number of nitro benzene ring substituents is 1. The molecule has 10 heteroatoms. The molecule has 1 aromatic rings. The molecule has 0 amide bonds. The average molecular weight is 317 g/mol. The summed E-state index contributed by atoms with van der Waals surface area (Å²) in [5.74, 6) is -1.11. The fourth-order valence-corrected chi connectivity index (χ4v) is 2.46. The van der Waals surface area contributed by atoms with Crippen LogP contribution < -0.4 is 4.72 Å². The third-order valence-corrected chi connectivity index (χ3v) is 4.19. The molecule has 0 saturated heterocycles. The van der Waals surface area contributed by atoms with Gasteiger partial charge in [-0.2, -0.15) is 12.7 Å². The molecule has 0 heterocycles. The van der Waals surface area contributed by atoms with Crippen LogP contribution in [0.2, 0.25) is 0 Å². The maximum atomic E-state index is 12.0. The van der Waals surface area contributed by atoms with Crippen molar-refractivity contribution in [1.29, 1.82) is 0 Å². The van der Waals surface area contributed by atoms with Crippen LogP contribution in [0.3, 0.4) is 0 Å². The number of benzene rings is 1. The van der Waals surface area contributed by atoms with Crippen molar-refractivity contribution in [3.05, 3.63) is 33.9 Å². The number of rotatable bonds is 7. The van der Waals surface area contributed by atoms with Gasteiger partial charge >= 0.3 is 16.2 Å². The molecule has 0 aromatic heterocycles. The van der Waals surface area contributed by atoms with Crippen molar-refractivity contribution in [3.63, 3.8) is 0 Å². The van der Waals surface area contributed by atoms with Crippen molar-refractivity contribution >= 4 is 27.6 Å². The lowest BCUT2D eigenvalue weighted by Gasteiger charge is -2.18. The van der Waals surface area contributed by atoms with Crippen molar-refractivity contribution in [2.45, 2.75) is 13.3 Å². The second-order valence-corrected chi connectivity index (χ2v) is 6.11. The zero-order valence-electron chi connectivity index (χ0n) is 11.4. The molecule has 0 aliphatic rings. The summed E-state index contributed by atoms with van der Waals surface area (Å²) in [4.78, 5) is 20.5. The second kappa shape index (κ2) is 6.50. The Balaban J connectivity index is 2.89. The first-order chi connectivity index (χ1) is 9.63. The summed E-state index contributed by atoms with van der Waals surface area (Å²) in [6, 6.07) is 3.72. The lowest BCUT2D eigenvalue weighted by atomic mass is 10.2. The fraction of sp³-hybridized carbons (Fsp3) is 0.364. The maximum absolute atomic E-state index is 12.0. The van der Waals surface area contributed by atoms with E-state index in [9.17, 15) is 23.3 Å². The number of hydrogen-bond acceptors (Lipinski definition) is 5. The van der Waals surface area contributed by atoms with Gasteiger partial charge in [-0.1, -0.05) is 0 Å². The Kier molecular flexibility index (Phi) is 5.22. The van der Waals surface area contributed by atoms with Crippen molar-refractivity contribution in [2.75, 3.05) is 18.3 Å². The van der Waals surface area contributed by atoms with E-state index in [0.717, 1.165) is 4.31 Å². The van der Waals surface area contributed by atoms with Crippen LogP contribution in [0.25, 0.3) is 0 Å². The Hall–Kier alpha value is -2.20. The lowest BCUT2D eigenvalue weighted by molar-refractivity contribution is -0.384. The predicted molar refractivity (Wildman–Crippen MR) is 75.3 cm³/mol. The molecular formula is C11H15N3O6S. The molecule has 9 nitrogen and oxygen atoms in total. The van der Waals surface area contributed by atoms with Crippen LogP contribution in [-0.4, -0.2) is 42.3 Å². The van der Waals surface area contributed by atoms with Gasteiger partial charge in [-0.25, -0.2) is 0 Å². The van der Waals surface area contributed by atoms with Gasteiger partial charge in [0.25, 0.3) is 5.69 Å². The average Bonchev–Trinajstić information content (AvgIpc) is 2.37. The number of carbonyl (C=O) groups is 1. The molecule has 2 N–H and O–H groups in total. The SMILES string of the molecule is Cc1cc([N+](=O)[O-])ccc1NS(=O)(=O)N(C)CCC(=O)O. The summed E-state index contributed by atoms with van der Waals surface area (Å²) in [5.41, 5.74) is 0.442. The van der Waals surface area contributed by atoms with Crippen molar-refractivity contribution < 1.29 is 23.2 Å². The van der Waals surface area contributed by atoms with Crippen LogP contribution in [-0.2, 0) is 15.0 Å². The Morgan fingerprint density at radius 1 is 1.48 bits per heavy atom. The molecule has 116 valence electrons. The molecule has 0 aliphatic heterocycles. The molecule has 1 aromatic carbocycles. The number of hydrogen-bond donors (Lipinski definition) is 2. The number of nitrogens with one attached hydrogen (secondary N) is 1. The largest absolute Gasteiger partial charge is 0.481 e. The zero-order chi connectivity index (χ0) is 16.2. The van der Waals surface area contributed by atoms with Crippen LogP contribution in [0.1, 0.15) is 12.0 Å². The number of anilines is 1. The van der Waals surface area contributed by atoms with E-state index in [1.165, 1.54) is 32.2 Å². The van der Waals surface area contributed by atoms with Gasteiger partial charge in [-0.15, -0.1) is 0 Å². The van der Waals surface area contributed by atoms with E-state index in [0.29, 0.717) is 5.56 Å². The van der Waals surface area contributed by atoms with Gasteiger partial charge in [0, 0.05) is 25.7 Å². The highest BCUT2D eigenvalue weighted by atomic mass is 32.2. The first-order valence-electron chi connectivity index (χ1n) is 5.84. The molecule has 0 saturated carbocycles. The Morgan fingerprint density at radius 3 is 2.57 bits per heavy atom. The van der Waals surface area contributed by atoms with Gasteiger partial charge in [-0.05, 0) is 18.6 Å². The van der Waals surface area contributed by atoms with Crippen LogP contribution in [0, 0.1) is 17.0 Å². The molecular weight excluding hydrogens is 302 g/mol. The van der Waals surface area contributed by atoms with Gasteiger partial charge in [-0.3, -0.25) is 19.6 Å². The predicted octanol–water partition coefficient (Wildman–Crippen LogP) is 0.966. The highest BCUT2D eigenvalue weighted by Crippen LogP contribution is 2.22. The normalized spacial score (nSPS) is 11.4. The Bertz CT molecular complexity index is 658. The molecule has 0 radical (unpaired) electrons. The molecule has 0 spiro atoms. The number of aliphatic carboxylic acids is 1. The van der Waals surface area contributed by atoms with E-state index < -0.39 is 21.1 Å². The summed E-state index contributed by atoms with van der Waals surface area (Å²) < 4.78 is 27.1. The third kappa shape index (κ3) is 4.68. The molecule has 0 atom stereocenters. The van der Waals surface area contributed by atoms with Crippen LogP contribution in [0.4, 0.5) is 11.4 Å². The fourth-order valence-electron chi connectivity index (χ4n) is 1.47. The number of non-ortho nitro benzene ring substituents is 1. The first kappa shape index (κ1) is 16.9. The van der Waals surface area contributed by atoms with Gasteiger partial charge in [0.2, 0.25) is 0 Å². The summed E-state index contributed by atoms with van der Waals surface area (Å²) >= 11 is 0. The van der Waals surface area contributed by atoms with Crippen molar-refractivity contribution in [2.24, 2.45) is 0 Å². The Labute approximate surface area is 121 Å². The highest BCUT2D eigenvalue weighted by Gasteiger charge is 2.20. The topological polar surface area (TPSA) is 130 Å². The minimum Gasteiger partial charge on any atom is -0.481 e. The number of carboxylic acid groups (broad SMARTS) is 1. The molecule has 21 heavy (non-hydrogen) atoms. The minimum atomic E-state index is -3.91. The monoisotopic (exact) mass is 317 g/mol. The molecule has 0 bridgehead atoms. The van der Waals surface area contributed by atoms with Gasteiger partial charge < -0.3 is 5.11 Å². The third-order valence-electron chi connectivity index (χ3n) is 2.71. The Morgan fingerprint density at radius 2 is 2.10 bits per heavy atom. The zero-order valence-corrected chi connectivity index (χ0v) is 12.3. The van der Waals surface area contributed by atoms with E-state index >= 15 is 0 Å². The summed E-state index contributed by atoms with van der Waals surface area (Å²) in [6.45, 7) is 1.35. The standard InChI is InChI=1S/C11H15N3O6S/c1-8-7-9(14(17)18)3-4-10(8)12-21(19,20)13(2)6-5-11(15)16/h3-4,7,12H,5-6H2,1-2H3,(H,15,16). The summed E-state index contributed by atoms with van der Waals surface area (Å²) in [5, 5.41) is 19.1. The van der Waals surface area contributed by atoms with Crippen molar-refractivity contribution in [3.8, 4) is 0 Å². The van der Waals surface area contributed by atoms with Crippen LogP contribution >= 0.6 is 0 Å². The van der Waals surface area contributed by atoms with Gasteiger partial charge in [0.1, 0.15) is 0 Å². The summed E-state index contributed by atoms with van der Waals surface area (Å²) in [6.07, 6.45) is -0.323. The highest BCUT2D eigenvalue weighted by molar-refractivity contribution is 7.90. The van der Waals surface area contributed by atoms with Gasteiger partial charge in [0.05, 0.1) is 17.0 Å². The lowest BCUT2D eigenvalue weighted by Crippen LogP contribution is -2.34. The minimum absolute atomic E-state index is 0.144. The van der Waals surface area contributed by atoms with E-state index in [1.807, 2.05) is 0 Å². The number of nitro groups is 1. The van der Waals surface area contributed by atoms with E-state index in [2.05, 4.69) is 4.72 Å². The van der Waals surface area contributed by atoms with E-state index in [-0.39, 0.29) is 24.3 Å². The smallest absolute Gasteiger partial charge is 0.304 e. The van der Waals surface area contributed by atoms with E-state index in [1.54, 1.807) is 0 Å².